The van der Waals surface area contributed by atoms with E-state index >= 15 is 0 Å². The van der Waals surface area contributed by atoms with E-state index in [0.29, 0.717) is 13.2 Å². The Labute approximate surface area is 162 Å². The van der Waals surface area contributed by atoms with Gasteiger partial charge in [-0.3, -0.25) is 4.79 Å². The van der Waals surface area contributed by atoms with Crippen LogP contribution in [-0.4, -0.2) is 30.6 Å². The molecule has 138 valence electrons. The molecule has 4 rings (SSSR count). The number of nitrogens with zero attached hydrogens (tertiary/aromatic N) is 2. The summed E-state index contributed by atoms with van der Waals surface area (Å²) in [5.41, 5.74) is 2.71. The van der Waals surface area contributed by atoms with Crippen LogP contribution in [0.2, 0.25) is 0 Å². The summed E-state index contributed by atoms with van der Waals surface area (Å²) in [6.45, 7) is 3.19. The summed E-state index contributed by atoms with van der Waals surface area (Å²) < 4.78 is 11.3. The van der Waals surface area contributed by atoms with Crippen molar-refractivity contribution in [2.45, 2.75) is 13.3 Å². The van der Waals surface area contributed by atoms with Gasteiger partial charge in [0.25, 0.3) is 5.91 Å². The molecule has 6 heteroatoms. The van der Waals surface area contributed by atoms with Crippen LogP contribution in [-0.2, 0) is 4.79 Å². The number of hydrogen-bond acceptors (Lipinski definition) is 5. The number of hydrogen-bond donors (Lipinski definition) is 0. The van der Waals surface area contributed by atoms with Crippen molar-refractivity contribution in [2.24, 2.45) is 0 Å². The van der Waals surface area contributed by atoms with E-state index < -0.39 is 0 Å². The molecule has 0 N–H and O–H groups in total. The number of benzene rings is 2. The van der Waals surface area contributed by atoms with E-state index in [-0.39, 0.29) is 12.5 Å². The number of aromatic nitrogens is 1. The van der Waals surface area contributed by atoms with Crippen molar-refractivity contribution in [3.8, 4) is 22.8 Å². The number of rotatable bonds is 6. The molecule has 27 heavy (non-hydrogen) atoms. The van der Waals surface area contributed by atoms with Crippen LogP contribution in [0.4, 0.5) is 5.69 Å². The smallest absolute Gasteiger partial charge is 0.265 e. The molecule has 0 fully saturated rings. The number of para-hydroxylation sites is 1. The van der Waals surface area contributed by atoms with Gasteiger partial charge >= 0.3 is 0 Å². The maximum Gasteiger partial charge on any atom is 0.265 e. The molecule has 0 saturated heterocycles. The maximum atomic E-state index is 12.4. The van der Waals surface area contributed by atoms with E-state index in [0.717, 1.165) is 39.9 Å². The largest absolute Gasteiger partial charge is 0.494 e. The Morgan fingerprint density at radius 1 is 1.22 bits per heavy atom. The van der Waals surface area contributed by atoms with Crippen LogP contribution in [0.1, 0.15) is 11.4 Å². The zero-order chi connectivity index (χ0) is 18.6. The topological polar surface area (TPSA) is 51.7 Å². The summed E-state index contributed by atoms with van der Waals surface area (Å²) in [5.74, 6) is 1.54. The fraction of sp³-hybridized carbons (Fsp3) is 0.238. The lowest BCUT2D eigenvalue weighted by Crippen LogP contribution is -2.39. The molecule has 1 aromatic heterocycles. The number of carbonyl (C=O) groups excluding carboxylic acids is 1. The summed E-state index contributed by atoms with van der Waals surface area (Å²) in [6.07, 6.45) is 0.736. The third-order valence-electron chi connectivity index (χ3n) is 4.35. The van der Waals surface area contributed by atoms with Crippen LogP contribution in [0.15, 0.2) is 53.9 Å². The van der Waals surface area contributed by atoms with Gasteiger partial charge in [0.2, 0.25) is 0 Å². The summed E-state index contributed by atoms with van der Waals surface area (Å²) in [6, 6.07) is 15.6. The van der Waals surface area contributed by atoms with Crippen molar-refractivity contribution in [1.29, 1.82) is 0 Å². The third kappa shape index (κ3) is 3.95. The lowest BCUT2D eigenvalue weighted by molar-refractivity contribution is -0.121. The van der Waals surface area contributed by atoms with Crippen molar-refractivity contribution in [3.05, 3.63) is 58.9 Å². The van der Waals surface area contributed by atoms with Crippen LogP contribution >= 0.6 is 11.3 Å². The molecule has 0 bridgehead atoms. The lowest BCUT2D eigenvalue weighted by atomic mass is 10.1. The van der Waals surface area contributed by atoms with Gasteiger partial charge in [0.1, 0.15) is 11.5 Å². The molecule has 0 aliphatic carbocycles. The summed E-state index contributed by atoms with van der Waals surface area (Å²) in [4.78, 5) is 18.7. The minimum Gasteiger partial charge on any atom is -0.494 e. The molecule has 2 aromatic carbocycles. The van der Waals surface area contributed by atoms with E-state index in [4.69, 9.17) is 9.47 Å². The molecule has 5 nitrogen and oxygen atoms in total. The highest BCUT2D eigenvalue weighted by Gasteiger charge is 2.25. The highest BCUT2D eigenvalue weighted by molar-refractivity contribution is 7.09. The molecule has 0 spiro atoms. The number of aryl methyl sites for hydroxylation is 1. The van der Waals surface area contributed by atoms with E-state index in [1.165, 1.54) is 0 Å². The minimum absolute atomic E-state index is 0.0335. The standard InChI is InChI=1S/C21H20N2O3S/c1-15-22-18(14-27-15)16-8-9-20-19(12-16)23(21(24)13-26-20)10-5-11-25-17-6-3-2-4-7-17/h2-4,6-9,12,14H,5,10-11,13H2,1H3. The molecule has 2 heterocycles. The van der Waals surface area contributed by atoms with E-state index in [9.17, 15) is 4.79 Å². The zero-order valence-corrected chi connectivity index (χ0v) is 15.9. The van der Waals surface area contributed by atoms with Crippen molar-refractivity contribution in [3.63, 3.8) is 0 Å². The first-order valence-corrected chi connectivity index (χ1v) is 9.76. The predicted molar refractivity (Wildman–Crippen MR) is 107 cm³/mol. The first-order chi connectivity index (χ1) is 13.2. The van der Waals surface area contributed by atoms with Crippen LogP contribution in [0.25, 0.3) is 11.3 Å². The normalized spacial score (nSPS) is 13.2. The van der Waals surface area contributed by atoms with Gasteiger partial charge in [-0.2, -0.15) is 0 Å². The van der Waals surface area contributed by atoms with Crippen molar-refractivity contribution >= 4 is 22.9 Å². The second kappa shape index (κ2) is 7.80. The number of carbonyl (C=O) groups is 1. The maximum absolute atomic E-state index is 12.4. The van der Waals surface area contributed by atoms with Gasteiger partial charge in [0.05, 0.1) is 23.0 Å². The number of thiazole rings is 1. The fourth-order valence-electron chi connectivity index (χ4n) is 3.03. The molecule has 3 aromatic rings. The minimum atomic E-state index is -0.0335. The van der Waals surface area contributed by atoms with Gasteiger partial charge < -0.3 is 14.4 Å². The summed E-state index contributed by atoms with van der Waals surface area (Å²) >= 11 is 1.61. The second-order valence-electron chi connectivity index (χ2n) is 6.28. The molecule has 1 amide bonds. The highest BCUT2D eigenvalue weighted by atomic mass is 32.1. The van der Waals surface area contributed by atoms with Crippen LogP contribution in [0, 0.1) is 6.92 Å². The van der Waals surface area contributed by atoms with Gasteiger partial charge in [-0.15, -0.1) is 11.3 Å². The Morgan fingerprint density at radius 3 is 2.85 bits per heavy atom. The Balaban J connectivity index is 1.47. The first-order valence-electron chi connectivity index (χ1n) is 8.88. The van der Waals surface area contributed by atoms with Gasteiger partial charge in [0.15, 0.2) is 6.61 Å². The van der Waals surface area contributed by atoms with Crippen molar-refractivity contribution in [2.75, 3.05) is 24.7 Å². The number of fused-ring (bicyclic) bond motifs is 1. The average Bonchev–Trinajstić information content (AvgIpc) is 3.13. The van der Waals surface area contributed by atoms with Gasteiger partial charge in [0, 0.05) is 17.5 Å². The van der Waals surface area contributed by atoms with Crippen LogP contribution in [0.3, 0.4) is 0 Å². The molecular formula is C21H20N2O3S. The summed E-state index contributed by atoms with van der Waals surface area (Å²) in [5, 5.41) is 3.05. The Morgan fingerprint density at radius 2 is 2.07 bits per heavy atom. The second-order valence-corrected chi connectivity index (χ2v) is 7.35. The van der Waals surface area contributed by atoms with Gasteiger partial charge in [-0.1, -0.05) is 18.2 Å². The molecule has 1 aliphatic heterocycles. The average molecular weight is 380 g/mol. The molecule has 0 saturated carbocycles. The van der Waals surface area contributed by atoms with Gasteiger partial charge in [-0.05, 0) is 43.7 Å². The van der Waals surface area contributed by atoms with E-state index in [1.807, 2.05) is 60.8 Å². The Kier molecular flexibility index (Phi) is 5.07. The number of anilines is 1. The molecular weight excluding hydrogens is 360 g/mol. The molecule has 0 atom stereocenters. The van der Waals surface area contributed by atoms with Crippen LogP contribution in [0.5, 0.6) is 11.5 Å². The Hall–Kier alpha value is -2.86. The molecule has 0 unspecified atom stereocenters. The first kappa shape index (κ1) is 17.5. The fourth-order valence-corrected chi connectivity index (χ4v) is 3.65. The van der Waals surface area contributed by atoms with Crippen molar-refractivity contribution < 1.29 is 14.3 Å². The van der Waals surface area contributed by atoms with Crippen molar-refractivity contribution in [1.82, 2.24) is 4.98 Å². The lowest BCUT2D eigenvalue weighted by Gasteiger charge is -2.29. The van der Waals surface area contributed by atoms with Crippen LogP contribution < -0.4 is 14.4 Å². The number of amides is 1. The van der Waals surface area contributed by atoms with Gasteiger partial charge in [-0.25, -0.2) is 4.98 Å². The highest BCUT2D eigenvalue weighted by Crippen LogP contribution is 2.36. The number of ether oxygens (including phenoxy) is 2. The molecule has 0 radical (unpaired) electrons. The quantitative estimate of drug-likeness (QED) is 0.598. The van der Waals surface area contributed by atoms with E-state index in [2.05, 4.69) is 4.98 Å². The zero-order valence-electron chi connectivity index (χ0n) is 15.1. The Bertz CT molecular complexity index is 940. The molecule has 1 aliphatic rings. The summed E-state index contributed by atoms with van der Waals surface area (Å²) in [7, 11) is 0. The monoisotopic (exact) mass is 380 g/mol. The third-order valence-corrected chi connectivity index (χ3v) is 5.13. The van der Waals surface area contributed by atoms with E-state index in [1.54, 1.807) is 16.2 Å². The SMILES string of the molecule is Cc1nc(-c2ccc3c(c2)N(CCCOc2ccccc2)C(=O)CO3)cs1. The predicted octanol–water partition coefficient (Wildman–Crippen LogP) is 4.31.